The maximum Gasteiger partial charge on any atom is 0.410 e. The summed E-state index contributed by atoms with van der Waals surface area (Å²) in [5.74, 6) is -0.452. The molecule has 0 saturated carbocycles. The Balaban J connectivity index is 1.39. The van der Waals surface area contributed by atoms with Gasteiger partial charge in [-0.15, -0.1) is 0 Å². The van der Waals surface area contributed by atoms with Gasteiger partial charge in [-0.3, -0.25) is 19.3 Å². The molecule has 2 fully saturated rings. The Morgan fingerprint density at radius 3 is 2.54 bits per heavy atom. The number of carbonyl (C=O) groups excluding carboxylic acids is 4. The number of fused-ring (bicyclic) bond motifs is 1. The lowest BCUT2D eigenvalue weighted by molar-refractivity contribution is -0.158. The molecule has 4 amide bonds. The van der Waals surface area contributed by atoms with Crippen LogP contribution in [0.1, 0.15) is 56.0 Å². The standard InChI is InChI=1S/C29H43N3O8Si/c1-29(2,3)40-28(37)30-16-20(33)14-22(17-30)39-21-7-8-23-19(13-21)15-31(26(23)35)24-9-10-25(34)32(27(24)36)18-38-11-12-41(4,5)6/h7-8,13,20,22,24,33H,9-12,14-18H2,1-6H3/t20-,22-,24-/m1/s1. The third-order valence-electron chi connectivity index (χ3n) is 7.33. The summed E-state index contributed by atoms with van der Waals surface area (Å²) in [5.41, 5.74) is 0.549. The van der Waals surface area contributed by atoms with Gasteiger partial charge in [0.15, 0.2) is 0 Å². The number of imide groups is 1. The van der Waals surface area contributed by atoms with E-state index in [0.29, 0.717) is 24.3 Å². The number of hydrogen-bond acceptors (Lipinski definition) is 8. The molecule has 0 unspecified atom stereocenters. The molecule has 3 aliphatic heterocycles. The third-order valence-corrected chi connectivity index (χ3v) is 9.03. The Morgan fingerprint density at radius 2 is 1.85 bits per heavy atom. The van der Waals surface area contributed by atoms with Crippen LogP contribution >= 0.6 is 0 Å². The highest BCUT2D eigenvalue weighted by Gasteiger charge is 2.43. The van der Waals surface area contributed by atoms with Gasteiger partial charge < -0.3 is 29.1 Å². The predicted molar refractivity (Wildman–Crippen MR) is 153 cm³/mol. The lowest BCUT2D eigenvalue weighted by Crippen LogP contribution is -2.55. The smallest absolute Gasteiger partial charge is 0.410 e. The number of aliphatic hydroxyl groups excluding tert-OH is 1. The van der Waals surface area contributed by atoms with Gasteiger partial charge in [0.25, 0.3) is 11.8 Å². The second-order valence-corrected chi connectivity index (χ2v) is 19.0. The maximum absolute atomic E-state index is 13.3. The number of rotatable bonds is 8. The normalized spacial score (nSPS) is 23.6. The summed E-state index contributed by atoms with van der Waals surface area (Å²) in [6.07, 6.45) is -0.936. The van der Waals surface area contributed by atoms with E-state index in [1.807, 2.05) is 0 Å². The molecular weight excluding hydrogens is 546 g/mol. The summed E-state index contributed by atoms with van der Waals surface area (Å²) in [6.45, 7) is 13.1. The summed E-state index contributed by atoms with van der Waals surface area (Å²) < 4.78 is 17.3. The largest absolute Gasteiger partial charge is 0.488 e. The van der Waals surface area contributed by atoms with Crippen molar-refractivity contribution in [1.82, 2.24) is 14.7 Å². The molecular formula is C29H43N3O8Si. The van der Waals surface area contributed by atoms with Gasteiger partial charge in [0.05, 0.1) is 19.2 Å². The second-order valence-electron chi connectivity index (χ2n) is 13.3. The number of ether oxygens (including phenoxy) is 3. The highest BCUT2D eigenvalue weighted by molar-refractivity contribution is 6.76. The van der Waals surface area contributed by atoms with Crippen molar-refractivity contribution in [3.63, 3.8) is 0 Å². The van der Waals surface area contributed by atoms with Crippen LogP contribution in [-0.2, 0) is 25.6 Å². The number of likely N-dealkylation sites (tertiary alicyclic amines) is 2. The predicted octanol–water partition coefficient (Wildman–Crippen LogP) is 3.22. The zero-order valence-corrected chi connectivity index (χ0v) is 26.0. The number of amides is 4. The van der Waals surface area contributed by atoms with Crippen LogP contribution in [0.3, 0.4) is 0 Å². The van der Waals surface area contributed by atoms with Crippen LogP contribution in [0.5, 0.6) is 5.75 Å². The molecule has 1 N–H and O–H groups in total. The van der Waals surface area contributed by atoms with Crippen molar-refractivity contribution in [2.24, 2.45) is 0 Å². The molecule has 2 saturated heterocycles. The van der Waals surface area contributed by atoms with Crippen LogP contribution in [-0.4, -0.2) is 102 Å². The summed E-state index contributed by atoms with van der Waals surface area (Å²) in [7, 11) is -1.31. The molecule has 3 heterocycles. The fraction of sp³-hybridized carbons (Fsp3) is 0.655. The molecule has 0 aliphatic carbocycles. The zero-order chi connectivity index (χ0) is 30.1. The van der Waals surface area contributed by atoms with Crippen molar-refractivity contribution in [2.75, 3.05) is 26.4 Å². The fourth-order valence-corrected chi connectivity index (χ4v) is 5.96. The lowest BCUT2D eigenvalue weighted by Gasteiger charge is -2.36. The van der Waals surface area contributed by atoms with Gasteiger partial charge in [-0.1, -0.05) is 19.6 Å². The Bertz CT molecular complexity index is 1180. The number of nitrogens with zero attached hydrogens (tertiary/aromatic N) is 3. The first-order chi connectivity index (χ1) is 19.1. The van der Waals surface area contributed by atoms with E-state index in [1.54, 1.807) is 39.0 Å². The molecule has 4 rings (SSSR count). The Hall–Kier alpha value is -2.96. The molecule has 0 spiro atoms. The van der Waals surface area contributed by atoms with E-state index in [0.717, 1.165) is 16.5 Å². The van der Waals surface area contributed by atoms with Crippen molar-refractivity contribution >= 4 is 31.9 Å². The molecule has 3 aliphatic rings. The molecule has 0 aromatic heterocycles. The Kier molecular flexibility index (Phi) is 9.15. The van der Waals surface area contributed by atoms with E-state index >= 15 is 0 Å². The van der Waals surface area contributed by atoms with Crippen LogP contribution in [0.4, 0.5) is 4.79 Å². The number of aliphatic hydroxyl groups is 1. The van der Waals surface area contributed by atoms with Crippen LogP contribution in [0.25, 0.3) is 0 Å². The first-order valence-electron chi connectivity index (χ1n) is 14.3. The summed E-state index contributed by atoms with van der Waals surface area (Å²) in [6, 6.07) is 5.31. The summed E-state index contributed by atoms with van der Waals surface area (Å²) in [5, 5.41) is 10.4. The van der Waals surface area contributed by atoms with Crippen molar-refractivity contribution in [3.8, 4) is 5.75 Å². The highest BCUT2D eigenvalue weighted by Crippen LogP contribution is 2.32. The minimum atomic E-state index is -1.31. The van der Waals surface area contributed by atoms with E-state index in [-0.39, 0.29) is 51.0 Å². The SMILES string of the molecule is CC(C)(C)OC(=O)N1C[C@H](O)C[C@@H](Oc2ccc3c(c2)CN([C@@H]2CCC(=O)N(COCC[Si](C)(C)C)C2=O)C3=O)C1. The molecule has 41 heavy (non-hydrogen) atoms. The molecule has 0 radical (unpaired) electrons. The summed E-state index contributed by atoms with van der Waals surface area (Å²) in [4.78, 5) is 55.7. The first-order valence-corrected chi connectivity index (χ1v) is 18.0. The van der Waals surface area contributed by atoms with Crippen LogP contribution in [0.15, 0.2) is 18.2 Å². The monoisotopic (exact) mass is 589 g/mol. The lowest BCUT2D eigenvalue weighted by atomic mass is 10.0. The van der Waals surface area contributed by atoms with Gasteiger partial charge in [0.2, 0.25) is 5.91 Å². The zero-order valence-electron chi connectivity index (χ0n) is 25.0. The van der Waals surface area contributed by atoms with Gasteiger partial charge in [0, 0.05) is 39.6 Å². The molecule has 0 bridgehead atoms. The number of benzene rings is 1. The topological polar surface area (TPSA) is 126 Å². The van der Waals surface area contributed by atoms with Crippen LogP contribution < -0.4 is 4.74 Å². The van der Waals surface area contributed by atoms with Gasteiger partial charge in [0.1, 0.15) is 30.2 Å². The third kappa shape index (κ3) is 7.86. The average Bonchev–Trinajstić information content (AvgIpc) is 3.16. The van der Waals surface area contributed by atoms with E-state index in [1.165, 1.54) is 9.80 Å². The van der Waals surface area contributed by atoms with E-state index in [4.69, 9.17) is 14.2 Å². The van der Waals surface area contributed by atoms with Gasteiger partial charge in [-0.25, -0.2) is 4.79 Å². The van der Waals surface area contributed by atoms with Crippen molar-refractivity contribution < 1.29 is 38.5 Å². The van der Waals surface area contributed by atoms with E-state index in [2.05, 4.69) is 19.6 Å². The fourth-order valence-electron chi connectivity index (χ4n) is 5.21. The highest BCUT2D eigenvalue weighted by atomic mass is 28.3. The van der Waals surface area contributed by atoms with Crippen molar-refractivity contribution in [1.29, 1.82) is 0 Å². The van der Waals surface area contributed by atoms with Gasteiger partial charge in [-0.2, -0.15) is 0 Å². The molecule has 1 aromatic carbocycles. The first kappa shape index (κ1) is 31.0. The quantitative estimate of drug-likeness (QED) is 0.278. The maximum atomic E-state index is 13.3. The van der Waals surface area contributed by atoms with Crippen LogP contribution in [0.2, 0.25) is 25.7 Å². The Labute approximate surface area is 242 Å². The molecule has 12 heteroatoms. The van der Waals surface area contributed by atoms with E-state index in [9.17, 15) is 24.3 Å². The number of hydrogen-bond donors (Lipinski definition) is 1. The minimum Gasteiger partial charge on any atom is -0.488 e. The molecule has 3 atom stereocenters. The van der Waals surface area contributed by atoms with Crippen molar-refractivity contribution in [2.45, 2.75) is 96.1 Å². The van der Waals surface area contributed by atoms with Gasteiger partial charge >= 0.3 is 6.09 Å². The van der Waals surface area contributed by atoms with E-state index < -0.39 is 43.9 Å². The van der Waals surface area contributed by atoms with Crippen molar-refractivity contribution in [3.05, 3.63) is 29.3 Å². The van der Waals surface area contributed by atoms with Crippen LogP contribution in [0, 0.1) is 0 Å². The Morgan fingerprint density at radius 1 is 1.12 bits per heavy atom. The molecule has 1 aromatic rings. The second kappa shape index (κ2) is 12.1. The molecule has 226 valence electrons. The minimum absolute atomic E-state index is 0.0980. The average molecular weight is 590 g/mol. The molecule has 11 nitrogen and oxygen atoms in total. The number of carbonyl (C=O) groups is 4. The van der Waals surface area contributed by atoms with Gasteiger partial charge in [-0.05, 0) is 57.0 Å². The summed E-state index contributed by atoms with van der Waals surface area (Å²) >= 11 is 0. The number of piperidine rings is 2. The number of β-amino-alcohol motifs (C(OH)–C–C–N with tert-alkyl or cyclic N) is 1.